The lowest BCUT2D eigenvalue weighted by Gasteiger charge is -2.24. The quantitative estimate of drug-likeness (QED) is 0.555. The molecule has 7 nitrogen and oxygen atoms in total. The molecule has 0 saturated heterocycles. The fraction of sp³-hybridized carbons (Fsp3) is 0.263. The summed E-state index contributed by atoms with van der Waals surface area (Å²) in [6.45, 7) is 0.740. The number of aromatic nitrogens is 5. The summed E-state index contributed by atoms with van der Waals surface area (Å²) < 4.78 is 1.77. The first-order valence-electron chi connectivity index (χ1n) is 8.67. The van der Waals surface area contributed by atoms with E-state index in [4.69, 9.17) is 9.97 Å². The van der Waals surface area contributed by atoms with Crippen LogP contribution in [0.1, 0.15) is 10.9 Å². The largest absolute Gasteiger partial charge is 0.367 e. The molecule has 0 bridgehead atoms. The number of pyridine rings is 1. The molecular formula is C19H21N7S. The predicted octanol–water partition coefficient (Wildman–Crippen LogP) is 3.20. The molecule has 1 atom stereocenters. The topological polar surface area (TPSA) is 71.8 Å². The Labute approximate surface area is 161 Å². The molecular weight excluding hydrogens is 358 g/mol. The van der Waals surface area contributed by atoms with E-state index in [1.807, 2.05) is 25.4 Å². The first-order chi connectivity index (χ1) is 13.1. The van der Waals surface area contributed by atoms with Gasteiger partial charge in [0.05, 0.1) is 17.6 Å². The maximum absolute atomic E-state index is 4.78. The number of fused-ring (bicyclic) bond motifs is 1. The van der Waals surface area contributed by atoms with Gasteiger partial charge in [0.15, 0.2) is 11.5 Å². The lowest BCUT2D eigenvalue weighted by Crippen LogP contribution is -2.26. The second kappa shape index (κ2) is 7.42. The highest BCUT2D eigenvalue weighted by molar-refractivity contribution is 7.10. The van der Waals surface area contributed by atoms with Crippen LogP contribution in [-0.4, -0.2) is 50.3 Å². The van der Waals surface area contributed by atoms with Crippen molar-refractivity contribution in [2.24, 2.45) is 7.05 Å². The predicted molar refractivity (Wildman–Crippen MR) is 109 cm³/mol. The Morgan fingerprint density at radius 1 is 1.19 bits per heavy atom. The summed E-state index contributed by atoms with van der Waals surface area (Å²) >= 11 is 1.76. The number of likely N-dealkylation sites (N-methyl/N-ethyl adjacent to an activating group) is 1. The molecule has 0 spiro atoms. The second-order valence-corrected chi connectivity index (χ2v) is 7.49. The SMILES string of the molecule is CN(C)[C@@H](CNc1nc(-c2ccncc2)nc2c1cnn2C)c1cccs1. The van der Waals surface area contributed by atoms with Crippen molar-refractivity contribution in [3.05, 3.63) is 53.1 Å². The minimum Gasteiger partial charge on any atom is -0.367 e. The minimum atomic E-state index is 0.260. The third-order valence-electron chi connectivity index (χ3n) is 4.49. The lowest BCUT2D eigenvalue weighted by atomic mass is 10.2. The summed E-state index contributed by atoms with van der Waals surface area (Å²) in [6.07, 6.45) is 5.31. The van der Waals surface area contributed by atoms with Crippen LogP contribution in [0.4, 0.5) is 5.82 Å². The highest BCUT2D eigenvalue weighted by Gasteiger charge is 2.18. The monoisotopic (exact) mass is 379 g/mol. The zero-order valence-corrected chi connectivity index (χ0v) is 16.3. The number of hydrogen-bond acceptors (Lipinski definition) is 7. The molecule has 0 amide bonds. The molecule has 0 fully saturated rings. The molecule has 0 aliphatic carbocycles. The van der Waals surface area contributed by atoms with Gasteiger partial charge in [0.1, 0.15) is 5.82 Å². The van der Waals surface area contributed by atoms with Crippen molar-refractivity contribution in [2.75, 3.05) is 26.0 Å². The van der Waals surface area contributed by atoms with E-state index in [0.717, 1.165) is 29.0 Å². The first-order valence-corrected chi connectivity index (χ1v) is 9.55. The van der Waals surface area contributed by atoms with Gasteiger partial charge >= 0.3 is 0 Å². The standard InChI is InChI=1S/C19H21N7S/c1-25(2)15(16-5-4-10-27-16)12-21-18-14-11-22-26(3)19(14)24-17(23-18)13-6-8-20-9-7-13/h4-11,15H,12H2,1-3H3,(H,21,23,24)/t15-/m0/s1. The molecule has 1 N–H and O–H groups in total. The van der Waals surface area contributed by atoms with Crippen LogP contribution in [-0.2, 0) is 7.05 Å². The molecule has 4 aromatic rings. The van der Waals surface area contributed by atoms with Crippen molar-refractivity contribution in [1.82, 2.24) is 29.6 Å². The normalized spacial score (nSPS) is 12.6. The fourth-order valence-electron chi connectivity index (χ4n) is 3.00. The Hall–Kier alpha value is -2.84. The van der Waals surface area contributed by atoms with E-state index in [2.05, 4.69) is 51.9 Å². The van der Waals surface area contributed by atoms with Gasteiger partial charge in [-0.05, 0) is 37.7 Å². The molecule has 0 aliphatic rings. The van der Waals surface area contributed by atoms with Crippen molar-refractivity contribution < 1.29 is 0 Å². The molecule has 0 radical (unpaired) electrons. The summed E-state index contributed by atoms with van der Waals surface area (Å²) in [5.74, 6) is 1.46. The fourth-order valence-corrected chi connectivity index (χ4v) is 3.92. The number of aryl methyl sites for hydroxylation is 1. The smallest absolute Gasteiger partial charge is 0.164 e. The number of anilines is 1. The zero-order valence-electron chi connectivity index (χ0n) is 15.5. The third-order valence-corrected chi connectivity index (χ3v) is 5.46. The van der Waals surface area contributed by atoms with Gasteiger partial charge in [0, 0.05) is 36.4 Å². The molecule has 138 valence electrons. The number of rotatable bonds is 6. The molecule has 4 aromatic heterocycles. The van der Waals surface area contributed by atoms with E-state index in [-0.39, 0.29) is 6.04 Å². The van der Waals surface area contributed by atoms with E-state index in [0.29, 0.717) is 5.82 Å². The van der Waals surface area contributed by atoms with Gasteiger partial charge in [-0.15, -0.1) is 11.3 Å². The van der Waals surface area contributed by atoms with Crippen LogP contribution < -0.4 is 5.32 Å². The molecule has 0 unspecified atom stereocenters. The van der Waals surface area contributed by atoms with Crippen molar-refractivity contribution in [1.29, 1.82) is 0 Å². The van der Waals surface area contributed by atoms with Crippen LogP contribution in [0.15, 0.2) is 48.2 Å². The van der Waals surface area contributed by atoms with Gasteiger partial charge in [0.25, 0.3) is 0 Å². The van der Waals surface area contributed by atoms with Gasteiger partial charge in [-0.2, -0.15) is 5.10 Å². The Bertz CT molecular complexity index is 1030. The summed E-state index contributed by atoms with van der Waals surface area (Å²) in [4.78, 5) is 17.1. The van der Waals surface area contributed by atoms with E-state index in [1.165, 1.54) is 4.88 Å². The number of thiophene rings is 1. The Balaban J connectivity index is 1.70. The summed E-state index contributed by atoms with van der Waals surface area (Å²) in [6, 6.07) is 8.34. The second-order valence-electron chi connectivity index (χ2n) is 6.51. The number of hydrogen-bond donors (Lipinski definition) is 1. The van der Waals surface area contributed by atoms with Crippen molar-refractivity contribution in [2.45, 2.75) is 6.04 Å². The summed E-state index contributed by atoms with van der Waals surface area (Å²) in [5.41, 5.74) is 1.73. The van der Waals surface area contributed by atoms with Crippen LogP contribution in [0, 0.1) is 0 Å². The highest BCUT2D eigenvalue weighted by Crippen LogP contribution is 2.27. The molecule has 27 heavy (non-hydrogen) atoms. The van der Waals surface area contributed by atoms with Crippen LogP contribution >= 0.6 is 11.3 Å². The average Bonchev–Trinajstić information content (AvgIpc) is 3.33. The van der Waals surface area contributed by atoms with Crippen LogP contribution in [0.2, 0.25) is 0 Å². The first kappa shape index (κ1) is 17.6. The number of nitrogens with one attached hydrogen (secondary N) is 1. The Morgan fingerprint density at radius 3 is 2.70 bits per heavy atom. The van der Waals surface area contributed by atoms with E-state index in [9.17, 15) is 0 Å². The molecule has 4 rings (SSSR count). The van der Waals surface area contributed by atoms with Gasteiger partial charge in [-0.3, -0.25) is 9.67 Å². The van der Waals surface area contributed by atoms with Gasteiger partial charge < -0.3 is 10.2 Å². The maximum Gasteiger partial charge on any atom is 0.164 e. The van der Waals surface area contributed by atoms with Crippen LogP contribution in [0.3, 0.4) is 0 Å². The van der Waals surface area contributed by atoms with Crippen molar-refractivity contribution in [3.63, 3.8) is 0 Å². The lowest BCUT2D eigenvalue weighted by molar-refractivity contribution is 0.316. The third kappa shape index (κ3) is 3.54. The highest BCUT2D eigenvalue weighted by atomic mass is 32.1. The Morgan fingerprint density at radius 2 is 2.00 bits per heavy atom. The van der Waals surface area contributed by atoms with Crippen LogP contribution in [0.25, 0.3) is 22.4 Å². The minimum absolute atomic E-state index is 0.260. The average molecular weight is 379 g/mol. The molecule has 0 saturated carbocycles. The molecule has 8 heteroatoms. The number of nitrogens with zero attached hydrogens (tertiary/aromatic N) is 6. The summed E-state index contributed by atoms with van der Waals surface area (Å²) in [5, 5.41) is 10.9. The maximum atomic E-state index is 4.78. The van der Waals surface area contributed by atoms with Gasteiger partial charge in [0.2, 0.25) is 0 Å². The van der Waals surface area contributed by atoms with Gasteiger partial charge in [-0.25, -0.2) is 9.97 Å². The zero-order chi connectivity index (χ0) is 18.8. The van der Waals surface area contributed by atoms with Crippen LogP contribution in [0.5, 0.6) is 0 Å². The van der Waals surface area contributed by atoms with Crippen molar-refractivity contribution in [3.8, 4) is 11.4 Å². The molecule has 0 aliphatic heterocycles. The molecule has 4 heterocycles. The summed E-state index contributed by atoms with van der Waals surface area (Å²) in [7, 11) is 6.08. The van der Waals surface area contributed by atoms with Crippen molar-refractivity contribution >= 4 is 28.2 Å². The van der Waals surface area contributed by atoms with Gasteiger partial charge in [-0.1, -0.05) is 6.07 Å². The van der Waals surface area contributed by atoms with E-state index < -0.39 is 0 Å². The van der Waals surface area contributed by atoms with E-state index >= 15 is 0 Å². The van der Waals surface area contributed by atoms with E-state index in [1.54, 1.807) is 28.4 Å². The Kier molecular flexibility index (Phi) is 4.83. The molecule has 0 aromatic carbocycles.